The molecule has 154 valence electrons. The molecule has 1 atom stereocenters. The van der Waals surface area contributed by atoms with Crippen LogP contribution in [0.2, 0.25) is 0 Å². The molecular formula is C22H27N3O4. The summed E-state index contributed by atoms with van der Waals surface area (Å²) in [5.74, 6) is -1.76. The molecule has 1 aromatic rings. The average Bonchev–Trinajstić information content (AvgIpc) is 3.14. The Bertz CT molecular complexity index is 806. The van der Waals surface area contributed by atoms with Gasteiger partial charge in [0.1, 0.15) is 5.54 Å². The zero-order valence-electron chi connectivity index (χ0n) is 16.8. The zero-order chi connectivity index (χ0) is 20.9. The average molecular weight is 397 g/mol. The van der Waals surface area contributed by atoms with E-state index in [0.717, 1.165) is 31.4 Å². The monoisotopic (exact) mass is 397 g/mol. The van der Waals surface area contributed by atoms with Gasteiger partial charge in [-0.2, -0.15) is 5.26 Å². The third kappa shape index (κ3) is 4.94. The number of hydrogen-bond donors (Lipinski definition) is 1. The number of nitriles is 1. The smallest absolute Gasteiger partial charge is 0.311 e. The lowest BCUT2D eigenvalue weighted by Gasteiger charge is -2.31. The Morgan fingerprint density at radius 2 is 1.93 bits per heavy atom. The third-order valence-corrected chi connectivity index (χ3v) is 5.76. The van der Waals surface area contributed by atoms with E-state index in [-0.39, 0.29) is 18.9 Å². The molecule has 1 N–H and O–H groups in total. The predicted molar refractivity (Wildman–Crippen MR) is 107 cm³/mol. The Hall–Kier alpha value is -2.88. The van der Waals surface area contributed by atoms with Crippen molar-refractivity contribution in [3.05, 3.63) is 29.8 Å². The molecule has 1 saturated heterocycles. The number of esters is 1. The number of nitrogens with zero attached hydrogens (tertiary/aromatic N) is 2. The molecule has 3 rings (SSSR count). The molecule has 1 heterocycles. The first kappa shape index (κ1) is 20.8. The van der Waals surface area contributed by atoms with E-state index < -0.39 is 29.9 Å². The second-order valence-corrected chi connectivity index (χ2v) is 7.84. The van der Waals surface area contributed by atoms with Crippen molar-refractivity contribution in [2.45, 2.75) is 57.4 Å². The predicted octanol–water partition coefficient (Wildman–Crippen LogP) is 2.49. The molecule has 0 unspecified atom stereocenters. The van der Waals surface area contributed by atoms with Crippen molar-refractivity contribution in [3.63, 3.8) is 0 Å². The van der Waals surface area contributed by atoms with Crippen molar-refractivity contribution in [1.82, 2.24) is 5.32 Å². The van der Waals surface area contributed by atoms with Crippen LogP contribution in [0.5, 0.6) is 0 Å². The summed E-state index contributed by atoms with van der Waals surface area (Å²) in [5.41, 5.74) is 1.08. The van der Waals surface area contributed by atoms with Gasteiger partial charge in [0.05, 0.1) is 12.0 Å². The lowest BCUT2D eigenvalue weighted by molar-refractivity contribution is -0.152. The molecule has 0 aromatic heterocycles. The Morgan fingerprint density at radius 3 is 2.55 bits per heavy atom. The van der Waals surface area contributed by atoms with Crippen LogP contribution in [-0.4, -0.2) is 36.5 Å². The Morgan fingerprint density at radius 1 is 1.24 bits per heavy atom. The van der Waals surface area contributed by atoms with Gasteiger partial charge in [-0.05, 0) is 37.0 Å². The first-order valence-electron chi connectivity index (χ1n) is 10.2. The van der Waals surface area contributed by atoms with Crippen molar-refractivity contribution >= 4 is 23.5 Å². The molecule has 2 aliphatic rings. The topological polar surface area (TPSA) is 99.5 Å². The van der Waals surface area contributed by atoms with Crippen molar-refractivity contribution in [2.75, 3.05) is 18.1 Å². The highest BCUT2D eigenvalue weighted by molar-refractivity contribution is 5.99. The molecule has 1 aromatic carbocycles. The fourth-order valence-electron chi connectivity index (χ4n) is 4.00. The number of hydrogen-bond acceptors (Lipinski definition) is 5. The van der Waals surface area contributed by atoms with Crippen LogP contribution in [0.15, 0.2) is 24.3 Å². The van der Waals surface area contributed by atoms with Crippen molar-refractivity contribution in [1.29, 1.82) is 5.26 Å². The molecule has 1 saturated carbocycles. The molecule has 29 heavy (non-hydrogen) atoms. The van der Waals surface area contributed by atoms with Gasteiger partial charge in [-0.1, -0.05) is 38.3 Å². The van der Waals surface area contributed by atoms with Gasteiger partial charge in [0, 0.05) is 18.7 Å². The van der Waals surface area contributed by atoms with Crippen LogP contribution >= 0.6 is 0 Å². The maximum Gasteiger partial charge on any atom is 0.311 e. The van der Waals surface area contributed by atoms with Crippen LogP contribution in [0.1, 0.15) is 51.0 Å². The van der Waals surface area contributed by atoms with E-state index in [0.29, 0.717) is 12.8 Å². The van der Waals surface area contributed by atoms with Gasteiger partial charge >= 0.3 is 5.97 Å². The second kappa shape index (κ2) is 9.08. The molecule has 1 aliphatic heterocycles. The van der Waals surface area contributed by atoms with Gasteiger partial charge in [-0.25, -0.2) is 0 Å². The summed E-state index contributed by atoms with van der Waals surface area (Å²) in [4.78, 5) is 38.5. The molecule has 2 fully saturated rings. The number of nitrogens with one attached hydrogen (secondary N) is 1. The number of aryl methyl sites for hydroxylation is 1. The van der Waals surface area contributed by atoms with Crippen LogP contribution in [-0.2, 0) is 25.5 Å². The molecule has 0 bridgehead atoms. The third-order valence-electron chi connectivity index (χ3n) is 5.76. The zero-order valence-corrected chi connectivity index (χ0v) is 16.8. The van der Waals surface area contributed by atoms with Crippen LogP contribution in [0.3, 0.4) is 0 Å². The van der Waals surface area contributed by atoms with Crippen LogP contribution in [0.4, 0.5) is 5.69 Å². The van der Waals surface area contributed by atoms with E-state index in [1.807, 2.05) is 24.3 Å². The van der Waals surface area contributed by atoms with Crippen LogP contribution in [0.25, 0.3) is 0 Å². The van der Waals surface area contributed by atoms with E-state index in [1.165, 1.54) is 5.56 Å². The number of ether oxygens (including phenoxy) is 1. The van der Waals surface area contributed by atoms with Crippen LogP contribution < -0.4 is 10.2 Å². The minimum absolute atomic E-state index is 0.0676. The molecule has 2 amide bonds. The van der Waals surface area contributed by atoms with E-state index in [9.17, 15) is 19.6 Å². The minimum Gasteiger partial charge on any atom is -0.455 e. The fourth-order valence-corrected chi connectivity index (χ4v) is 4.00. The summed E-state index contributed by atoms with van der Waals surface area (Å²) in [6, 6.07) is 9.90. The van der Waals surface area contributed by atoms with E-state index >= 15 is 0 Å². The van der Waals surface area contributed by atoms with E-state index in [1.54, 1.807) is 4.90 Å². The number of rotatable bonds is 6. The molecule has 1 aliphatic carbocycles. The number of carbonyl (C=O) groups excluding carboxylic acids is 3. The van der Waals surface area contributed by atoms with Gasteiger partial charge in [-0.15, -0.1) is 0 Å². The quantitative estimate of drug-likeness (QED) is 0.744. The summed E-state index contributed by atoms with van der Waals surface area (Å²) in [6.45, 7) is 1.87. The van der Waals surface area contributed by atoms with Crippen LogP contribution in [0, 0.1) is 17.2 Å². The first-order chi connectivity index (χ1) is 14.0. The summed E-state index contributed by atoms with van der Waals surface area (Å²) >= 11 is 0. The summed E-state index contributed by atoms with van der Waals surface area (Å²) < 4.78 is 5.15. The van der Waals surface area contributed by atoms with Crippen molar-refractivity contribution in [3.8, 4) is 6.07 Å². The highest BCUT2D eigenvalue weighted by atomic mass is 16.5. The summed E-state index contributed by atoms with van der Waals surface area (Å²) in [6.07, 6.45) is 5.07. The number of carbonyl (C=O) groups is 3. The Kier molecular flexibility index (Phi) is 6.53. The first-order valence-corrected chi connectivity index (χ1v) is 10.2. The lowest BCUT2D eigenvalue weighted by Crippen LogP contribution is -2.50. The summed E-state index contributed by atoms with van der Waals surface area (Å²) in [5, 5.41) is 12.2. The molecule has 7 heteroatoms. The van der Waals surface area contributed by atoms with Gasteiger partial charge in [-0.3, -0.25) is 14.4 Å². The normalized spacial score (nSPS) is 20.8. The molecule has 7 nitrogen and oxygen atoms in total. The minimum atomic E-state index is -0.855. The van der Waals surface area contributed by atoms with Crippen molar-refractivity contribution < 1.29 is 19.1 Å². The lowest BCUT2D eigenvalue weighted by atomic mass is 9.83. The Labute approximate surface area is 171 Å². The fraction of sp³-hybridized carbons (Fsp3) is 0.545. The molecular weight excluding hydrogens is 370 g/mol. The maximum absolute atomic E-state index is 12.4. The SMILES string of the molecule is CCc1ccc(N2C[C@@H](C(=O)OCC(=O)NC3(C#N)CCCCC3)CC2=O)cc1. The van der Waals surface area contributed by atoms with Gasteiger partial charge in [0.15, 0.2) is 6.61 Å². The maximum atomic E-state index is 12.4. The largest absolute Gasteiger partial charge is 0.455 e. The van der Waals surface area contributed by atoms with Gasteiger partial charge < -0.3 is 15.0 Å². The standard InChI is InChI=1S/C22H27N3O4/c1-2-16-6-8-18(9-7-16)25-13-17(12-20(25)27)21(28)29-14-19(26)24-22(15-23)10-4-3-5-11-22/h6-9,17H,2-5,10-14H2,1H3,(H,24,26)/t17-/m0/s1. The van der Waals surface area contributed by atoms with E-state index in [4.69, 9.17) is 4.74 Å². The highest BCUT2D eigenvalue weighted by Gasteiger charge is 2.37. The summed E-state index contributed by atoms with van der Waals surface area (Å²) in [7, 11) is 0. The Balaban J connectivity index is 1.51. The highest BCUT2D eigenvalue weighted by Crippen LogP contribution is 2.28. The van der Waals surface area contributed by atoms with Gasteiger partial charge in [0.25, 0.3) is 5.91 Å². The number of amides is 2. The molecule has 0 radical (unpaired) electrons. The van der Waals surface area contributed by atoms with E-state index in [2.05, 4.69) is 18.3 Å². The molecule has 0 spiro atoms. The van der Waals surface area contributed by atoms with Crippen molar-refractivity contribution in [2.24, 2.45) is 5.92 Å². The second-order valence-electron chi connectivity index (χ2n) is 7.84. The number of benzene rings is 1. The number of anilines is 1. The van der Waals surface area contributed by atoms with Gasteiger partial charge in [0.2, 0.25) is 5.91 Å².